The van der Waals surface area contributed by atoms with Gasteiger partial charge < -0.3 is 0 Å². The molecule has 4 rings (SSSR count). The number of rotatable bonds is 8. The maximum atomic E-state index is 1.68. The van der Waals surface area contributed by atoms with Crippen molar-refractivity contribution >= 4 is 15.8 Å². The summed E-state index contributed by atoms with van der Waals surface area (Å²) in [5, 5.41) is 0. The van der Waals surface area contributed by atoms with Crippen LogP contribution in [0, 0.1) is 0 Å². The molecule has 0 aliphatic heterocycles. The smallest absolute Gasteiger partial charge is 0.0207 e. The molecule has 0 aromatic heterocycles. The third-order valence-electron chi connectivity index (χ3n) is 8.01. The van der Waals surface area contributed by atoms with Gasteiger partial charge in [0.2, 0.25) is 0 Å². The molecule has 0 unspecified atom stereocenters. The molecule has 4 aliphatic carbocycles. The highest BCUT2D eigenvalue weighted by atomic mass is 31.1. The lowest BCUT2D eigenvalue weighted by Gasteiger charge is -2.33. The predicted molar refractivity (Wildman–Crippen MR) is 117 cm³/mol. The molecule has 0 spiro atoms. The van der Waals surface area contributed by atoms with E-state index >= 15 is 0 Å². The molecular formula is C23H42P2. The molecule has 0 nitrogen and oxygen atoms in total. The van der Waals surface area contributed by atoms with Gasteiger partial charge in [0, 0.05) is 0 Å². The summed E-state index contributed by atoms with van der Waals surface area (Å²) >= 11 is 0. The Bertz CT molecular complexity index is 304. The standard InChI is InChI=1S/C23H42P2/c1-2-11-20(10-1)24(21-12-3-4-13-21)18-9-19-25(22-14-5-6-15-22)23-16-7-8-17-23/h20-23H,1-19H2. The first kappa shape index (κ1) is 19.2. The van der Waals surface area contributed by atoms with E-state index in [0.29, 0.717) is 15.8 Å². The lowest BCUT2D eigenvalue weighted by atomic mass is 10.3. The Hall–Kier alpha value is 0.860. The zero-order valence-corrected chi connectivity index (χ0v) is 18.4. The Morgan fingerprint density at radius 2 is 0.640 bits per heavy atom. The van der Waals surface area contributed by atoms with Gasteiger partial charge in [0.25, 0.3) is 0 Å². The summed E-state index contributed by atoms with van der Waals surface area (Å²) in [4.78, 5) is 0. The van der Waals surface area contributed by atoms with Crippen LogP contribution in [-0.4, -0.2) is 35.0 Å². The van der Waals surface area contributed by atoms with Gasteiger partial charge in [-0.2, -0.15) is 0 Å². The highest BCUT2D eigenvalue weighted by Gasteiger charge is 2.35. The summed E-state index contributed by atoms with van der Waals surface area (Å²) in [5.41, 5.74) is 4.79. The average molecular weight is 381 g/mol. The third-order valence-corrected chi connectivity index (χ3v) is 15.5. The van der Waals surface area contributed by atoms with Crippen LogP contribution < -0.4 is 0 Å². The predicted octanol–water partition coefficient (Wildman–Crippen LogP) is 8.11. The van der Waals surface area contributed by atoms with E-state index in [1.54, 1.807) is 121 Å². The molecule has 144 valence electrons. The second kappa shape index (κ2) is 9.87. The normalized spacial score (nSPS) is 27.6. The molecule has 0 heterocycles. The van der Waals surface area contributed by atoms with Crippen LogP contribution in [0.2, 0.25) is 0 Å². The minimum absolute atomic E-state index is 0.392. The lowest BCUT2D eigenvalue weighted by Crippen LogP contribution is -2.16. The molecule has 0 atom stereocenters. The Kier molecular flexibility index (Phi) is 7.58. The van der Waals surface area contributed by atoms with Crippen LogP contribution in [0.3, 0.4) is 0 Å². The van der Waals surface area contributed by atoms with E-state index in [1.165, 1.54) is 22.6 Å². The first-order valence-electron chi connectivity index (χ1n) is 11.9. The van der Waals surface area contributed by atoms with E-state index in [9.17, 15) is 0 Å². The quantitative estimate of drug-likeness (QED) is 0.373. The topological polar surface area (TPSA) is 0 Å². The van der Waals surface area contributed by atoms with Gasteiger partial charge in [0.15, 0.2) is 0 Å². The maximum absolute atomic E-state index is 1.68. The van der Waals surface area contributed by atoms with Crippen molar-refractivity contribution in [1.29, 1.82) is 0 Å². The Morgan fingerprint density at radius 1 is 0.400 bits per heavy atom. The summed E-state index contributed by atoms with van der Waals surface area (Å²) in [7, 11) is 0.785. The first-order chi connectivity index (χ1) is 12.4. The van der Waals surface area contributed by atoms with E-state index in [1.807, 2.05) is 0 Å². The summed E-state index contributed by atoms with van der Waals surface area (Å²) in [6.07, 6.45) is 30.4. The molecule has 4 saturated carbocycles. The van der Waals surface area contributed by atoms with Crippen LogP contribution in [0.15, 0.2) is 0 Å². The molecule has 4 fully saturated rings. The van der Waals surface area contributed by atoms with Crippen LogP contribution in [0.5, 0.6) is 0 Å². The van der Waals surface area contributed by atoms with E-state index < -0.39 is 0 Å². The highest BCUT2D eigenvalue weighted by Crippen LogP contribution is 2.60. The zero-order valence-electron chi connectivity index (χ0n) is 16.6. The lowest BCUT2D eigenvalue weighted by molar-refractivity contribution is 0.807. The van der Waals surface area contributed by atoms with Gasteiger partial charge in [0.1, 0.15) is 0 Å². The minimum atomic E-state index is 0.392. The van der Waals surface area contributed by atoms with Crippen LogP contribution >= 0.6 is 15.8 Å². The van der Waals surface area contributed by atoms with E-state index in [0.717, 1.165) is 0 Å². The SMILES string of the molecule is C1CCC(P(CCCP(C2CCCC2)C2CCCC2)C2CCCC2)C1. The van der Waals surface area contributed by atoms with Crippen molar-refractivity contribution in [3.05, 3.63) is 0 Å². The van der Waals surface area contributed by atoms with Gasteiger partial charge in [-0.15, -0.1) is 15.8 Å². The summed E-state index contributed by atoms with van der Waals surface area (Å²) in [6.45, 7) is 0. The molecule has 0 bridgehead atoms. The molecule has 0 aromatic carbocycles. The molecule has 0 radical (unpaired) electrons. The summed E-state index contributed by atoms with van der Waals surface area (Å²) < 4.78 is 0. The van der Waals surface area contributed by atoms with Crippen molar-refractivity contribution in [3.63, 3.8) is 0 Å². The minimum Gasteiger partial charge on any atom is -0.100 e. The molecule has 4 aliphatic rings. The van der Waals surface area contributed by atoms with E-state index in [4.69, 9.17) is 0 Å². The van der Waals surface area contributed by atoms with Crippen LogP contribution in [0.25, 0.3) is 0 Å². The van der Waals surface area contributed by atoms with E-state index in [2.05, 4.69) is 0 Å². The van der Waals surface area contributed by atoms with Crippen molar-refractivity contribution in [1.82, 2.24) is 0 Å². The third kappa shape index (κ3) is 5.02. The fourth-order valence-corrected chi connectivity index (χ4v) is 14.8. The van der Waals surface area contributed by atoms with Crippen molar-refractivity contribution < 1.29 is 0 Å². The second-order valence-corrected chi connectivity index (χ2v) is 15.5. The summed E-state index contributed by atoms with van der Waals surface area (Å²) in [5.74, 6) is 0. The molecule has 2 heteroatoms. The van der Waals surface area contributed by atoms with Crippen LogP contribution in [0.4, 0.5) is 0 Å². The van der Waals surface area contributed by atoms with Crippen LogP contribution in [0.1, 0.15) is 109 Å². The van der Waals surface area contributed by atoms with Crippen LogP contribution in [-0.2, 0) is 0 Å². The van der Waals surface area contributed by atoms with Crippen molar-refractivity contribution in [2.75, 3.05) is 12.3 Å². The largest absolute Gasteiger partial charge is 0.100 e. The van der Waals surface area contributed by atoms with Gasteiger partial charge in [-0.25, -0.2) is 0 Å². The Morgan fingerprint density at radius 3 is 0.880 bits per heavy atom. The zero-order chi connectivity index (χ0) is 16.9. The second-order valence-electron chi connectivity index (χ2n) is 9.58. The summed E-state index contributed by atoms with van der Waals surface area (Å²) in [6, 6.07) is 0. The Labute approximate surface area is 160 Å². The van der Waals surface area contributed by atoms with Gasteiger partial charge >= 0.3 is 0 Å². The van der Waals surface area contributed by atoms with Gasteiger partial charge in [0.05, 0.1) is 0 Å². The monoisotopic (exact) mass is 380 g/mol. The average Bonchev–Trinajstić information content (AvgIpc) is 3.44. The van der Waals surface area contributed by atoms with Gasteiger partial charge in [-0.1, -0.05) is 51.4 Å². The number of hydrogen-bond acceptors (Lipinski definition) is 0. The molecule has 25 heavy (non-hydrogen) atoms. The molecule has 0 amide bonds. The van der Waals surface area contributed by atoms with E-state index in [-0.39, 0.29) is 0 Å². The van der Waals surface area contributed by atoms with Crippen molar-refractivity contribution in [2.24, 2.45) is 0 Å². The van der Waals surface area contributed by atoms with Gasteiger partial charge in [-0.05, 0) is 92.7 Å². The molecular weight excluding hydrogens is 338 g/mol. The first-order valence-corrected chi connectivity index (χ1v) is 15.3. The molecule has 0 saturated heterocycles. The maximum Gasteiger partial charge on any atom is -0.0207 e. The van der Waals surface area contributed by atoms with Gasteiger partial charge in [-0.3, -0.25) is 0 Å². The molecule has 0 N–H and O–H groups in total. The number of hydrogen-bond donors (Lipinski definition) is 0. The molecule has 0 aromatic rings. The van der Waals surface area contributed by atoms with Crippen molar-refractivity contribution in [2.45, 2.75) is 132 Å². The Balaban J connectivity index is 1.32. The highest BCUT2D eigenvalue weighted by molar-refractivity contribution is 7.60. The fourth-order valence-electron chi connectivity index (χ4n) is 6.71. The van der Waals surface area contributed by atoms with Crippen molar-refractivity contribution in [3.8, 4) is 0 Å². The fraction of sp³-hybridized carbons (Fsp3) is 1.00.